The van der Waals surface area contributed by atoms with E-state index in [4.69, 9.17) is 9.47 Å². The molecule has 3 atom stereocenters. The molecule has 160 valence electrons. The highest BCUT2D eigenvalue weighted by molar-refractivity contribution is 5.49. The molecule has 3 aromatic carbocycles. The van der Waals surface area contributed by atoms with E-state index in [1.165, 1.54) is 22.3 Å². The first-order valence-electron chi connectivity index (χ1n) is 11.2. The van der Waals surface area contributed by atoms with E-state index in [-0.39, 0.29) is 5.41 Å². The van der Waals surface area contributed by atoms with Crippen LogP contribution in [0, 0.1) is 0 Å². The van der Waals surface area contributed by atoms with Gasteiger partial charge in [0.25, 0.3) is 0 Å². The summed E-state index contributed by atoms with van der Waals surface area (Å²) in [7, 11) is 4.04. The summed E-state index contributed by atoms with van der Waals surface area (Å²) in [6, 6.07) is 26.3. The summed E-state index contributed by atoms with van der Waals surface area (Å²) >= 11 is 0. The first kappa shape index (κ1) is 20.1. The fourth-order valence-corrected chi connectivity index (χ4v) is 5.73. The highest BCUT2D eigenvalue weighted by Crippen LogP contribution is 2.54. The molecule has 3 nitrogen and oxygen atoms in total. The van der Waals surface area contributed by atoms with Gasteiger partial charge >= 0.3 is 0 Å². The van der Waals surface area contributed by atoms with Gasteiger partial charge in [0, 0.05) is 17.4 Å². The van der Waals surface area contributed by atoms with E-state index in [0.29, 0.717) is 18.6 Å². The van der Waals surface area contributed by atoms with E-state index in [9.17, 15) is 0 Å². The van der Waals surface area contributed by atoms with Gasteiger partial charge < -0.3 is 14.4 Å². The van der Waals surface area contributed by atoms with Crippen LogP contribution in [-0.4, -0.2) is 31.6 Å². The maximum Gasteiger partial charge on any atom is 0.120 e. The Hall–Kier alpha value is -2.78. The number of ether oxygens (including phenoxy) is 2. The smallest absolute Gasteiger partial charge is 0.120 e. The second kappa shape index (κ2) is 8.05. The van der Waals surface area contributed by atoms with Crippen molar-refractivity contribution in [1.82, 2.24) is 4.90 Å². The Bertz CT molecular complexity index is 1060. The highest BCUT2D eigenvalue weighted by atomic mass is 16.5. The standard InChI is InChI=1S/C28H31NO2/c1-28-14-15-29(2)26(17-21-12-13-23(30-3)18-25(21)28)27(28)22-10-7-11-24(16-22)31-19-20-8-5-4-6-9-20/h4-13,16,18,26-27H,14-15,17,19H2,1-3H3. The minimum Gasteiger partial charge on any atom is -0.497 e. The van der Waals surface area contributed by atoms with Crippen LogP contribution in [0.25, 0.3) is 0 Å². The number of benzene rings is 3. The molecule has 0 amide bonds. The van der Waals surface area contributed by atoms with Crippen LogP contribution < -0.4 is 9.47 Å². The van der Waals surface area contributed by atoms with E-state index >= 15 is 0 Å². The summed E-state index contributed by atoms with van der Waals surface area (Å²) in [5.41, 5.74) is 5.56. The van der Waals surface area contributed by atoms with Gasteiger partial charge in [-0.15, -0.1) is 0 Å². The molecule has 0 N–H and O–H groups in total. The van der Waals surface area contributed by atoms with Gasteiger partial charge in [0.2, 0.25) is 0 Å². The zero-order chi connectivity index (χ0) is 21.4. The molecule has 0 saturated carbocycles. The first-order valence-corrected chi connectivity index (χ1v) is 11.2. The van der Waals surface area contributed by atoms with Crippen LogP contribution in [0.4, 0.5) is 0 Å². The van der Waals surface area contributed by atoms with Crippen molar-refractivity contribution in [2.24, 2.45) is 0 Å². The lowest BCUT2D eigenvalue weighted by atomic mass is 9.56. The average molecular weight is 414 g/mol. The molecular weight excluding hydrogens is 382 g/mol. The van der Waals surface area contributed by atoms with Crippen molar-refractivity contribution in [3.63, 3.8) is 0 Å². The van der Waals surface area contributed by atoms with Crippen molar-refractivity contribution in [3.8, 4) is 11.5 Å². The van der Waals surface area contributed by atoms with Gasteiger partial charge in [-0.25, -0.2) is 0 Å². The molecule has 1 heterocycles. The normalized spacial score (nSPS) is 25.0. The van der Waals surface area contributed by atoms with Gasteiger partial charge in [0.1, 0.15) is 18.1 Å². The van der Waals surface area contributed by atoms with Crippen LogP contribution >= 0.6 is 0 Å². The molecule has 0 spiro atoms. The first-order chi connectivity index (χ1) is 15.1. The summed E-state index contributed by atoms with van der Waals surface area (Å²) < 4.78 is 11.8. The van der Waals surface area contributed by atoms with E-state index in [1.807, 2.05) is 6.07 Å². The zero-order valence-electron chi connectivity index (χ0n) is 18.7. The quantitative estimate of drug-likeness (QED) is 0.545. The molecule has 3 unspecified atom stereocenters. The largest absolute Gasteiger partial charge is 0.497 e. The second-order valence-electron chi connectivity index (χ2n) is 9.27. The van der Waals surface area contributed by atoms with Crippen LogP contribution in [0.2, 0.25) is 0 Å². The van der Waals surface area contributed by atoms with Crippen molar-refractivity contribution < 1.29 is 9.47 Å². The predicted octanol–water partition coefficient (Wildman–Crippen LogP) is 5.58. The fourth-order valence-electron chi connectivity index (χ4n) is 5.73. The molecule has 1 saturated heterocycles. The minimum atomic E-state index is 0.0807. The van der Waals surface area contributed by atoms with Crippen molar-refractivity contribution in [2.75, 3.05) is 20.7 Å². The van der Waals surface area contributed by atoms with Crippen LogP contribution in [0.1, 0.15) is 41.5 Å². The van der Waals surface area contributed by atoms with Gasteiger partial charge in [-0.05, 0) is 73.0 Å². The lowest BCUT2D eigenvalue weighted by Gasteiger charge is -2.55. The third-order valence-corrected chi connectivity index (χ3v) is 7.45. The number of methoxy groups -OCH3 is 1. The number of likely N-dealkylation sites (N-methyl/N-ethyl adjacent to an activating group) is 1. The number of likely N-dealkylation sites (tertiary alicyclic amines) is 1. The van der Waals surface area contributed by atoms with Gasteiger partial charge in [-0.2, -0.15) is 0 Å². The monoisotopic (exact) mass is 413 g/mol. The van der Waals surface area contributed by atoms with Gasteiger partial charge in [-0.1, -0.05) is 55.5 Å². The molecule has 31 heavy (non-hydrogen) atoms. The molecule has 1 fully saturated rings. The van der Waals surface area contributed by atoms with Gasteiger partial charge in [-0.3, -0.25) is 0 Å². The predicted molar refractivity (Wildman–Crippen MR) is 125 cm³/mol. The number of nitrogens with zero attached hydrogens (tertiary/aromatic N) is 1. The van der Waals surface area contributed by atoms with E-state index in [0.717, 1.165) is 30.9 Å². The van der Waals surface area contributed by atoms with Crippen LogP contribution in [0.3, 0.4) is 0 Å². The molecule has 0 radical (unpaired) electrons. The molecular formula is C28H31NO2. The number of fused-ring (bicyclic) bond motifs is 4. The average Bonchev–Trinajstić information content (AvgIpc) is 2.81. The Morgan fingerprint density at radius 1 is 0.968 bits per heavy atom. The maximum absolute atomic E-state index is 6.18. The van der Waals surface area contributed by atoms with Crippen LogP contribution in [0.5, 0.6) is 11.5 Å². The minimum absolute atomic E-state index is 0.0807. The number of hydrogen-bond donors (Lipinski definition) is 0. The third kappa shape index (κ3) is 3.61. The summed E-state index contributed by atoms with van der Waals surface area (Å²) in [5.74, 6) is 2.32. The number of rotatable bonds is 5. The Morgan fingerprint density at radius 3 is 2.61 bits per heavy atom. The zero-order valence-corrected chi connectivity index (χ0v) is 18.7. The summed E-state index contributed by atoms with van der Waals surface area (Å²) in [4.78, 5) is 2.55. The Kier molecular flexibility index (Phi) is 5.23. The van der Waals surface area contributed by atoms with E-state index < -0.39 is 0 Å². The summed E-state index contributed by atoms with van der Waals surface area (Å²) in [5, 5.41) is 0. The molecule has 1 aliphatic heterocycles. The van der Waals surface area contributed by atoms with Crippen LogP contribution in [0.15, 0.2) is 72.8 Å². The Balaban J connectivity index is 1.50. The topological polar surface area (TPSA) is 21.7 Å². The highest BCUT2D eigenvalue weighted by Gasteiger charge is 2.50. The SMILES string of the molecule is COc1ccc2c(c1)C1(C)CCN(C)C(C2)C1c1cccc(OCc2ccccc2)c1. The Morgan fingerprint density at radius 2 is 1.81 bits per heavy atom. The fraction of sp³-hybridized carbons (Fsp3) is 0.357. The van der Waals surface area contributed by atoms with E-state index in [1.54, 1.807) is 7.11 Å². The second-order valence-corrected chi connectivity index (χ2v) is 9.27. The van der Waals surface area contributed by atoms with Crippen molar-refractivity contribution in [1.29, 1.82) is 0 Å². The molecule has 3 aromatic rings. The third-order valence-electron chi connectivity index (χ3n) is 7.45. The molecule has 3 heteroatoms. The van der Waals surface area contributed by atoms with Crippen LogP contribution in [-0.2, 0) is 18.4 Å². The Labute approximate surface area is 185 Å². The molecule has 1 aliphatic carbocycles. The van der Waals surface area contributed by atoms with Crippen molar-refractivity contribution >= 4 is 0 Å². The molecule has 2 aliphatic rings. The summed E-state index contributed by atoms with van der Waals surface area (Å²) in [6.45, 7) is 4.17. The van der Waals surface area contributed by atoms with Gasteiger partial charge in [0.15, 0.2) is 0 Å². The van der Waals surface area contributed by atoms with Crippen molar-refractivity contribution in [3.05, 3.63) is 95.1 Å². The lowest BCUT2D eigenvalue weighted by Crippen LogP contribution is -2.56. The number of hydrogen-bond acceptors (Lipinski definition) is 3. The molecule has 0 aromatic heterocycles. The van der Waals surface area contributed by atoms with E-state index in [2.05, 4.69) is 85.6 Å². The molecule has 5 rings (SSSR count). The van der Waals surface area contributed by atoms with Crippen molar-refractivity contribution in [2.45, 2.75) is 43.7 Å². The lowest BCUT2D eigenvalue weighted by molar-refractivity contribution is 0.0828. The number of piperidine rings is 1. The molecule has 2 bridgehead atoms. The maximum atomic E-state index is 6.18. The van der Waals surface area contributed by atoms with Gasteiger partial charge in [0.05, 0.1) is 7.11 Å². The summed E-state index contributed by atoms with van der Waals surface area (Å²) in [6.07, 6.45) is 2.21.